The molecule has 0 amide bonds. The van der Waals surface area contributed by atoms with E-state index in [1.54, 1.807) is 0 Å². The van der Waals surface area contributed by atoms with Crippen LogP contribution in [0.2, 0.25) is 0 Å². The number of hydrogen-bond donors (Lipinski definition) is 2. The standard InChI is InChI=1S/C13H16O6/c14-10-3-1-6(12(16)17)8(10)5-9-7(13(18)19)2-4-11(9)15/h6-9H,1-5H2,(H,16,17)(H,18,19). The minimum atomic E-state index is -1.03. The average Bonchev–Trinajstić information content (AvgIpc) is 2.85. The first kappa shape index (κ1) is 13.7. The topological polar surface area (TPSA) is 109 Å². The van der Waals surface area contributed by atoms with E-state index in [4.69, 9.17) is 10.2 Å². The first-order valence-electron chi connectivity index (χ1n) is 6.43. The number of aliphatic carboxylic acids is 2. The molecular formula is C13H16O6. The van der Waals surface area contributed by atoms with Crippen molar-refractivity contribution in [3.63, 3.8) is 0 Å². The smallest absolute Gasteiger partial charge is 0.307 e. The summed E-state index contributed by atoms with van der Waals surface area (Å²) in [4.78, 5) is 45.6. The quantitative estimate of drug-likeness (QED) is 0.778. The van der Waals surface area contributed by atoms with Crippen LogP contribution < -0.4 is 0 Å². The summed E-state index contributed by atoms with van der Waals surface area (Å²) in [6.45, 7) is 0. The van der Waals surface area contributed by atoms with Gasteiger partial charge in [-0.2, -0.15) is 0 Å². The van der Waals surface area contributed by atoms with Crippen LogP contribution in [0.5, 0.6) is 0 Å². The van der Waals surface area contributed by atoms with Crippen molar-refractivity contribution in [2.75, 3.05) is 0 Å². The molecule has 6 nitrogen and oxygen atoms in total. The monoisotopic (exact) mass is 268 g/mol. The van der Waals surface area contributed by atoms with E-state index in [0.717, 1.165) is 0 Å². The Morgan fingerprint density at radius 3 is 1.58 bits per heavy atom. The van der Waals surface area contributed by atoms with Crippen LogP contribution in [0.25, 0.3) is 0 Å². The summed E-state index contributed by atoms with van der Waals surface area (Å²) in [6, 6.07) is 0. The van der Waals surface area contributed by atoms with Crippen LogP contribution >= 0.6 is 0 Å². The Morgan fingerprint density at radius 1 is 0.895 bits per heavy atom. The molecule has 2 fully saturated rings. The molecule has 104 valence electrons. The summed E-state index contributed by atoms with van der Waals surface area (Å²) in [5.41, 5.74) is 0. The van der Waals surface area contributed by atoms with Gasteiger partial charge in [0.2, 0.25) is 0 Å². The molecule has 0 heterocycles. The lowest BCUT2D eigenvalue weighted by Crippen LogP contribution is -2.30. The summed E-state index contributed by atoms with van der Waals surface area (Å²) in [5.74, 6) is -5.32. The lowest BCUT2D eigenvalue weighted by atomic mass is 9.81. The van der Waals surface area contributed by atoms with Gasteiger partial charge < -0.3 is 10.2 Å². The molecule has 0 radical (unpaired) electrons. The summed E-state index contributed by atoms with van der Waals surface area (Å²) in [6.07, 6.45) is 1.07. The fourth-order valence-corrected chi connectivity index (χ4v) is 3.27. The predicted molar refractivity (Wildman–Crippen MR) is 62.3 cm³/mol. The van der Waals surface area contributed by atoms with E-state index in [1.807, 2.05) is 0 Å². The molecule has 6 heteroatoms. The molecule has 2 saturated carbocycles. The van der Waals surface area contributed by atoms with Crippen molar-refractivity contribution < 1.29 is 29.4 Å². The first-order valence-corrected chi connectivity index (χ1v) is 6.43. The second-order valence-corrected chi connectivity index (χ2v) is 5.35. The second-order valence-electron chi connectivity index (χ2n) is 5.35. The van der Waals surface area contributed by atoms with Crippen molar-refractivity contribution in [2.45, 2.75) is 32.1 Å². The number of rotatable bonds is 4. The third kappa shape index (κ3) is 2.52. The molecule has 2 rings (SSSR count). The molecule has 0 aromatic heterocycles. The fourth-order valence-electron chi connectivity index (χ4n) is 3.27. The summed E-state index contributed by atoms with van der Waals surface area (Å²) >= 11 is 0. The molecule has 2 aliphatic rings. The van der Waals surface area contributed by atoms with Crippen molar-refractivity contribution in [1.29, 1.82) is 0 Å². The number of carboxylic acids is 2. The summed E-state index contributed by atoms with van der Waals surface area (Å²) < 4.78 is 0. The Hall–Kier alpha value is -1.72. The van der Waals surface area contributed by atoms with Crippen LogP contribution in [-0.2, 0) is 19.2 Å². The van der Waals surface area contributed by atoms with Crippen LogP contribution in [0.15, 0.2) is 0 Å². The minimum absolute atomic E-state index is 0.0750. The van der Waals surface area contributed by atoms with Crippen molar-refractivity contribution in [3.8, 4) is 0 Å². The molecule has 4 atom stereocenters. The van der Waals surface area contributed by atoms with Crippen LogP contribution in [0, 0.1) is 23.7 Å². The van der Waals surface area contributed by atoms with Crippen LogP contribution in [0.4, 0.5) is 0 Å². The van der Waals surface area contributed by atoms with E-state index < -0.39 is 35.6 Å². The number of carboxylic acid groups (broad SMARTS) is 2. The third-order valence-electron chi connectivity index (χ3n) is 4.34. The molecule has 0 saturated heterocycles. The van der Waals surface area contributed by atoms with Gasteiger partial charge in [0.15, 0.2) is 0 Å². The van der Waals surface area contributed by atoms with Gasteiger partial charge in [0.05, 0.1) is 11.8 Å². The summed E-state index contributed by atoms with van der Waals surface area (Å²) in [5, 5.41) is 18.1. The number of hydrogen-bond acceptors (Lipinski definition) is 4. The number of carbonyl (C=O) groups excluding carboxylic acids is 2. The number of Topliss-reactive ketones (excluding diaryl/α,β-unsaturated/α-hetero) is 2. The maximum Gasteiger partial charge on any atom is 0.307 e. The van der Waals surface area contributed by atoms with Gasteiger partial charge in [-0.15, -0.1) is 0 Å². The van der Waals surface area contributed by atoms with E-state index in [1.165, 1.54) is 0 Å². The van der Waals surface area contributed by atoms with E-state index in [-0.39, 0.29) is 43.7 Å². The third-order valence-corrected chi connectivity index (χ3v) is 4.34. The maximum atomic E-state index is 11.7. The van der Waals surface area contributed by atoms with Gasteiger partial charge in [-0.1, -0.05) is 0 Å². The first-order chi connectivity index (χ1) is 8.91. The molecule has 4 unspecified atom stereocenters. The lowest BCUT2D eigenvalue weighted by Gasteiger charge is -2.20. The van der Waals surface area contributed by atoms with E-state index in [0.29, 0.717) is 0 Å². The normalized spacial score (nSPS) is 34.7. The Morgan fingerprint density at radius 2 is 1.26 bits per heavy atom. The van der Waals surface area contributed by atoms with Crippen molar-refractivity contribution in [2.24, 2.45) is 23.7 Å². The van der Waals surface area contributed by atoms with Gasteiger partial charge >= 0.3 is 11.9 Å². The highest BCUT2D eigenvalue weighted by atomic mass is 16.4. The van der Waals surface area contributed by atoms with Gasteiger partial charge in [-0.25, -0.2) is 0 Å². The Kier molecular flexibility index (Phi) is 3.68. The van der Waals surface area contributed by atoms with Crippen LogP contribution in [0.1, 0.15) is 32.1 Å². The van der Waals surface area contributed by atoms with Crippen molar-refractivity contribution in [1.82, 2.24) is 0 Å². The largest absolute Gasteiger partial charge is 0.481 e. The zero-order valence-electron chi connectivity index (χ0n) is 10.4. The van der Waals surface area contributed by atoms with E-state index in [2.05, 4.69) is 0 Å². The molecule has 0 aromatic carbocycles. The van der Waals surface area contributed by atoms with Gasteiger partial charge in [-0.05, 0) is 19.3 Å². The van der Waals surface area contributed by atoms with Gasteiger partial charge in [-0.3, -0.25) is 19.2 Å². The predicted octanol–water partition coefficient (Wildman–Crippen LogP) is 0.736. The van der Waals surface area contributed by atoms with E-state index in [9.17, 15) is 19.2 Å². The molecular weight excluding hydrogens is 252 g/mol. The van der Waals surface area contributed by atoms with Crippen LogP contribution in [-0.4, -0.2) is 33.7 Å². The van der Waals surface area contributed by atoms with Crippen molar-refractivity contribution >= 4 is 23.5 Å². The molecule has 2 N–H and O–H groups in total. The lowest BCUT2D eigenvalue weighted by molar-refractivity contribution is -0.146. The van der Waals surface area contributed by atoms with E-state index >= 15 is 0 Å². The molecule has 0 aromatic rings. The average molecular weight is 268 g/mol. The SMILES string of the molecule is O=C(O)C1CCC(=O)C1CC1C(=O)CCC1C(=O)O. The van der Waals surface area contributed by atoms with Gasteiger partial charge in [0.25, 0.3) is 0 Å². The summed E-state index contributed by atoms with van der Waals surface area (Å²) in [7, 11) is 0. The zero-order chi connectivity index (χ0) is 14.2. The maximum absolute atomic E-state index is 11.7. The number of ketones is 2. The highest BCUT2D eigenvalue weighted by Gasteiger charge is 2.46. The van der Waals surface area contributed by atoms with Gasteiger partial charge in [0, 0.05) is 24.7 Å². The molecule has 0 aliphatic heterocycles. The highest BCUT2D eigenvalue weighted by molar-refractivity contribution is 5.92. The Bertz CT molecular complexity index is 400. The minimum Gasteiger partial charge on any atom is -0.481 e. The molecule has 0 bridgehead atoms. The van der Waals surface area contributed by atoms with Crippen LogP contribution in [0.3, 0.4) is 0 Å². The second kappa shape index (κ2) is 5.11. The number of carbonyl (C=O) groups is 4. The fraction of sp³-hybridized carbons (Fsp3) is 0.692. The Balaban J connectivity index is 2.14. The highest BCUT2D eigenvalue weighted by Crippen LogP contribution is 2.40. The molecule has 19 heavy (non-hydrogen) atoms. The van der Waals surface area contributed by atoms with Crippen molar-refractivity contribution in [3.05, 3.63) is 0 Å². The zero-order valence-corrected chi connectivity index (χ0v) is 10.4. The van der Waals surface area contributed by atoms with Gasteiger partial charge in [0.1, 0.15) is 11.6 Å². The Labute approximate surface area is 109 Å². The molecule has 2 aliphatic carbocycles. The molecule has 0 spiro atoms.